The number of hydrogen-bond donors (Lipinski definition) is 0. The summed E-state index contributed by atoms with van der Waals surface area (Å²) in [6.45, 7) is 30.7. The molecular weight excluding hydrogens is 1080 g/mol. The van der Waals surface area contributed by atoms with Crippen molar-refractivity contribution < 1.29 is 0 Å². The maximum Gasteiger partial charge on any atom is 0.264 e. The van der Waals surface area contributed by atoms with Crippen LogP contribution in [-0.2, 0) is 27.1 Å². The average Bonchev–Trinajstić information content (AvgIpc) is 1.28. The average molecular weight is 1150 g/mol. The molecule has 14 rings (SSSR count). The third-order valence-corrected chi connectivity index (χ3v) is 22.1. The Kier molecular flexibility index (Phi) is 13.5. The van der Waals surface area contributed by atoms with Crippen molar-refractivity contribution in [1.82, 2.24) is 0 Å². The van der Waals surface area contributed by atoms with Crippen molar-refractivity contribution in [2.45, 2.75) is 143 Å². The zero-order valence-corrected chi connectivity index (χ0v) is 54.4. The standard InChI is InChI=1S/C78H73B6N3S/c1-44-21-17-19-25-58(44)85(59-26-20-18-22-45(59)2)50-40-62-71-63(41-50)87(60-32-28-48(74(3,4)5)38-51(60)46-23-15-14-16-24-46)61-37-47(65-66(79)68(81)70(83)69(82)67(65)80)27-31-57(61)84(71)73-72(52-42-55-56(43-64(52)88-73)78(12,13)36-35-77(55,10)11)86(62)49-29-30-53-54(39-49)76(8,9)34-33-75(53,6)7/h14-32,37-43H,33-36H2,1-13H3. The molecule has 0 bridgehead atoms. The van der Waals surface area contributed by atoms with Gasteiger partial charge in [0.05, 0.1) is 17.1 Å². The molecule has 10 radical (unpaired) electrons. The first-order valence-corrected chi connectivity index (χ1v) is 32.3. The van der Waals surface area contributed by atoms with Gasteiger partial charge in [-0.05, 0) is 200 Å². The number of aryl methyl sites for hydroxylation is 2. The van der Waals surface area contributed by atoms with E-state index in [-0.39, 0.29) is 50.2 Å². The fourth-order valence-corrected chi connectivity index (χ4v) is 16.6. The van der Waals surface area contributed by atoms with E-state index in [0.29, 0.717) is 16.5 Å². The number of thiophene rings is 1. The van der Waals surface area contributed by atoms with Crippen LogP contribution in [0.1, 0.15) is 141 Å². The molecule has 2 aliphatic carbocycles. The molecule has 0 amide bonds. The van der Waals surface area contributed by atoms with Crippen LogP contribution in [0.15, 0.2) is 158 Å². The molecule has 0 N–H and O–H groups in total. The molecule has 0 atom stereocenters. The Labute approximate surface area is 534 Å². The van der Waals surface area contributed by atoms with Gasteiger partial charge in [-0.2, -0.15) is 0 Å². The molecule has 0 saturated carbocycles. The van der Waals surface area contributed by atoms with Gasteiger partial charge in [-0.3, -0.25) is 0 Å². The topological polar surface area (TPSA) is 9.72 Å². The minimum Gasteiger partial charge on any atom is -0.311 e. The molecule has 0 unspecified atom stereocenters. The van der Waals surface area contributed by atoms with Crippen molar-refractivity contribution in [2.75, 3.05) is 14.7 Å². The second-order valence-electron chi connectivity index (χ2n) is 29.4. The van der Waals surface area contributed by atoms with Gasteiger partial charge >= 0.3 is 0 Å². The van der Waals surface area contributed by atoms with Gasteiger partial charge in [-0.25, -0.2) is 0 Å². The minimum absolute atomic E-state index is 0.00561. The van der Waals surface area contributed by atoms with Gasteiger partial charge in [0.2, 0.25) is 0 Å². The largest absolute Gasteiger partial charge is 0.311 e. The molecule has 88 heavy (non-hydrogen) atoms. The van der Waals surface area contributed by atoms with Crippen LogP contribution in [0.25, 0.3) is 32.3 Å². The second-order valence-corrected chi connectivity index (χ2v) is 30.5. The van der Waals surface area contributed by atoms with E-state index >= 15 is 0 Å². The first kappa shape index (κ1) is 58.4. The smallest absolute Gasteiger partial charge is 0.264 e. The molecule has 0 saturated heterocycles. The van der Waals surface area contributed by atoms with Gasteiger partial charge in [0, 0.05) is 54.6 Å². The number of benzene rings is 9. The summed E-state index contributed by atoms with van der Waals surface area (Å²) in [5.41, 5.74) is 26.2. The normalized spacial score (nSPS) is 16.6. The van der Waals surface area contributed by atoms with Crippen LogP contribution in [0.5, 0.6) is 0 Å². The van der Waals surface area contributed by atoms with Gasteiger partial charge in [0.25, 0.3) is 6.71 Å². The van der Waals surface area contributed by atoms with E-state index in [1.165, 1.54) is 70.4 Å². The van der Waals surface area contributed by atoms with Crippen LogP contribution in [0, 0.1) is 13.8 Å². The Bertz CT molecular complexity index is 4490. The fourth-order valence-electron chi connectivity index (χ4n) is 15.3. The molecule has 9 aromatic carbocycles. The van der Waals surface area contributed by atoms with Crippen molar-refractivity contribution in [2.24, 2.45) is 0 Å². The molecule has 4 aliphatic rings. The lowest BCUT2D eigenvalue weighted by atomic mass is 9.36. The van der Waals surface area contributed by atoms with E-state index in [9.17, 15) is 0 Å². The van der Waals surface area contributed by atoms with E-state index in [4.69, 9.17) is 39.2 Å². The lowest BCUT2D eigenvalue weighted by Crippen LogP contribution is -2.60. The first-order valence-electron chi connectivity index (χ1n) is 31.5. The Morgan fingerprint density at radius 3 is 1.60 bits per heavy atom. The molecule has 3 nitrogen and oxygen atoms in total. The summed E-state index contributed by atoms with van der Waals surface area (Å²) in [7, 11) is 34.2. The highest BCUT2D eigenvalue weighted by Gasteiger charge is 2.48. The summed E-state index contributed by atoms with van der Waals surface area (Å²) in [5.74, 6) is 0. The van der Waals surface area contributed by atoms with Crippen LogP contribution in [0.4, 0.5) is 51.2 Å². The second kappa shape index (κ2) is 20.4. The quantitative estimate of drug-likeness (QED) is 0.147. The van der Waals surface area contributed by atoms with E-state index in [2.05, 4.69) is 262 Å². The van der Waals surface area contributed by atoms with Gasteiger partial charge in [-0.1, -0.05) is 178 Å². The molecule has 2 aliphatic heterocycles. The molecule has 1 aromatic heterocycles. The summed E-state index contributed by atoms with van der Waals surface area (Å²) in [6.07, 6.45) is 4.48. The Morgan fingerprint density at radius 2 is 1.01 bits per heavy atom. The van der Waals surface area contributed by atoms with Gasteiger partial charge in [-0.15, -0.1) is 27.7 Å². The maximum atomic E-state index is 7.09. The SMILES string of the molecule is [B]c1c([B])c([B])c(-c2ccc3c(c2)N(c2ccc(C(C)(C)C)cc2-c2ccccc2)c2cc(N(c4ccccc4C)c4ccccc4C)cc4c2B3c2sc3cc5c(cc3c2N4c2ccc3c(c2)C(C)(C)CCC3(C)C)C(C)(C)CCC5(C)C)c([B])c1[B]. The highest BCUT2D eigenvalue weighted by molar-refractivity contribution is 7.33. The van der Waals surface area contributed by atoms with Gasteiger partial charge < -0.3 is 14.7 Å². The first-order chi connectivity index (χ1) is 41.7. The molecule has 10 aromatic rings. The van der Waals surface area contributed by atoms with Crippen LogP contribution in [-0.4, -0.2) is 45.9 Å². The van der Waals surface area contributed by atoms with E-state index in [0.717, 1.165) is 87.9 Å². The molecule has 3 heterocycles. The predicted molar refractivity (Wildman–Crippen MR) is 387 cm³/mol. The van der Waals surface area contributed by atoms with Crippen molar-refractivity contribution >= 4 is 162 Å². The number of fused-ring (bicyclic) bond motifs is 8. The summed E-state index contributed by atoms with van der Waals surface area (Å²) >= 11 is 1.97. The highest BCUT2D eigenvalue weighted by atomic mass is 32.1. The number of rotatable bonds is 7. The summed E-state index contributed by atoms with van der Waals surface area (Å²) in [6, 6.07) is 60.1. The van der Waals surface area contributed by atoms with Crippen molar-refractivity contribution in [3.05, 3.63) is 197 Å². The van der Waals surface area contributed by atoms with Crippen molar-refractivity contribution in [3.63, 3.8) is 0 Å². The van der Waals surface area contributed by atoms with Crippen LogP contribution >= 0.6 is 11.3 Å². The zero-order chi connectivity index (χ0) is 62.1. The van der Waals surface area contributed by atoms with Crippen LogP contribution in [0.3, 0.4) is 0 Å². The predicted octanol–water partition coefficient (Wildman–Crippen LogP) is 14.4. The Morgan fingerprint density at radius 1 is 0.477 bits per heavy atom. The fraction of sp³-hybridized carbons (Fsp3) is 0.282. The molecule has 424 valence electrons. The van der Waals surface area contributed by atoms with E-state index in [1.54, 1.807) is 0 Å². The Balaban J connectivity index is 1.19. The van der Waals surface area contributed by atoms with Gasteiger partial charge in [0.1, 0.15) is 39.2 Å². The highest BCUT2D eigenvalue weighted by Crippen LogP contribution is 2.56. The third kappa shape index (κ3) is 9.01. The summed E-state index contributed by atoms with van der Waals surface area (Å²) < 4.78 is 2.61. The lowest BCUT2D eigenvalue weighted by molar-refractivity contribution is 0.332. The molecule has 0 fully saturated rings. The van der Waals surface area contributed by atoms with Crippen molar-refractivity contribution in [3.8, 4) is 22.3 Å². The lowest BCUT2D eigenvalue weighted by Gasteiger charge is -2.46. The molecule has 0 spiro atoms. The van der Waals surface area contributed by atoms with Crippen LogP contribution < -0.4 is 57.7 Å². The monoisotopic (exact) mass is 1150 g/mol. The number of hydrogen-bond acceptors (Lipinski definition) is 4. The molecule has 10 heteroatoms. The minimum atomic E-state index is -0.218. The number of para-hydroxylation sites is 2. The zero-order valence-electron chi connectivity index (χ0n) is 53.6. The van der Waals surface area contributed by atoms with Gasteiger partial charge in [0.15, 0.2) is 0 Å². The maximum absolute atomic E-state index is 7.09. The third-order valence-electron chi connectivity index (χ3n) is 20.9. The van der Waals surface area contributed by atoms with E-state index in [1.807, 2.05) is 11.3 Å². The number of nitrogens with zero attached hydrogens (tertiary/aromatic N) is 3. The molecular formula is C78H73B6N3S. The van der Waals surface area contributed by atoms with Crippen LogP contribution in [0.2, 0.25) is 0 Å². The van der Waals surface area contributed by atoms with Crippen molar-refractivity contribution in [1.29, 1.82) is 0 Å². The van der Waals surface area contributed by atoms with E-state index < -0.39 is 0 Å². The Hall–Kier alpha value is -7.27. The summed E-state index contributed by atoms with van der Waals surface area (Å²) in [4.78, 5) is 7.75. The summed E-state index contributed by atoms with van der Waals surface area (Å²) in [5, 5.41) is 1.28. The number of anilines is 9.